The van der Waals surface area contributed by atoms with Crippen molar-refractivity contribution < 1.29 is 20.8 Å². The molecule has 0 spiro atoms. The first-order chi connectivity index (χ1) is 13.6. The van der Waals surface area contributed by atoms with Crippen LogP contribution in [0.4, 0.5) is 0 Å². The van der Waals surface area contributed by atoms with Gasteiger partial charge in [-0.1, -0.05) is 0 Å². The minimum absolute atomic E-state index is 0. The summed E-state index contributed by atoms with van der Waals surface area (Å²) in [6, 6.07) is 12.1. The fraction of sp³-hybridized carbons (Fsp3) is 0.520. The normalized spacial score (nSPS) is 15.5. The molecule has 0 amide bonds. The van der Waals surface area contributed by atoms with Crippen LogP contribution in [-0.2, 0) is 22.9 Å². The Morgan fingerprint density at radius 3 is 2.13 bits per heavy atom. The molecule has 0 N–H and O–H groups in total. The van der Waals surface area contributed by atoms with Gasteiger partial charge in [-0.05, 0) is 0 Å². The maximum Gasteiger partial charge on any atom is -0.147 e. The zero-order valence-corrected chi connectivity index (χ0v) is 25.7. The van der Waals surface area contributed by atoms with Gasteiger partial charge in [0.1, 0.15) is 0 Å². The monoisotopic (exact) mass is 533 g/mol. The summed E-state index contributed by atoms with van der Waals surface area (Å²) in [4.78, 5) is 3.07. The second-order valence-electron chi connectivity index (χ2n) is 9.68. The van der Waals surface area contributed by atoms with Gasteiger partial charge in [-0.15, -0.1) is 24.8 Å². The molecule has 2 aromatic rings. The van der Waals surface area contributed by atoms with Crippen LogP contribution in [0.5, 0.6) is 5.75 Å². The van der Waals surface area contributed by atoms with Crippen LogP contribution in [0.25, 0.3) is 5.57 Å². The zero-order valence-electron chi connectivity index (χ0n) is 20.5. The van der Waals surface area contributed by atoms with Gasteiger partial charge >= 0.3 is 190 Å². The molecule has 0 bridgehead atoms. The van der Waals surface area contributed by atoms with Crippen molar-refractivity contribution in [1.82, 2.24) is 0 Å². The van der Waals surface area contributed by atoms with Crippen molar-refractivity contribution in [2.24, 2.45) is 0 Å². The van der Waals surface area contributed by atoms with E-state index >= 15 is 0 Å². The van der Waals surface area contributed by atoms with Gasteiger partial charge in [-0.2, -0.15) is 0 Å². The minimum atomic E-state index is -1.80. The van der Waals surface area contributed by atoms with Crippen molar-refractivity contribution in [3.63, 3.8) is 0 Å². The van der Waals surface area contributed by atoms with Crippen LogP contribution in [0.2, 0.25) is 12.1 Å². The molecule has 6 heteroatoms. The van der Waals surface area contributed by atoms with Crippen LogP contribution < -0.4 is 3.32 Å². The first-order valence-corrected chi connectivity index (χ1v) is 18.3. The summed E-state index contributed by atoms with van der Waals surface area (Å²) in [6.45, 7) is 20.0. The van der Waals surface area contributed by atoms with Gasteiger partial charge < -0.3 is 0 Å². The standard InChI is InChI=1S/C11H16O.C10H11S.C4H11Si.2ClH.Ti/c1-8-5-9(11(2,3)4)7-10(12)6-8;1-6-4-10-9(8(6)3)5-7(2)11-10;1-3-5-4-2;;;/h5-7,12H,1-4H3;4-5H,1-3H3;5H,3-4H2,1-2H3;2*1H;/q;;;;;+1/p-1. The largest absolute Gasteiger partial charge is 0.147 e. The number of hydrogen-bond acceptors (Lipinski definition) is 2. The van der Waals surface area contributed by atoms with Crippen molar-refractivity contribution in [3.05, 3.63) is 56.3 Å². The molecular weight excluding hydrogens is 495 g/mol. The number of allylic oxidation sites excluding steroid dienone is 2. The summed E-state index contributed by atoms with van der Waals surface area (Å²) >= 11 is 0.218. The third kappa shape index (κ3) is 6.11. The Morgan fingerprint density at radius 1 is 0.968 bits per heavy atom. The predicted octanol–water partition coefficient (Wildman–Crippen LogP) is 8.73. The van der Waals surface area contributed by atoms with Crippen LogP contribution >= 0.6 is 36.2 Å². The summed E-state index contributed by atoms with van der Waals surface area (Å²) in [6.07, 6.45) is 0. The Balaban J connectivity index is 0.00000240. The van der Waals surface area contributed by atoms with Crippen molar-refractivity contribution in [2.45, 2.75) is 84.0 Å². The molecule has 173 valence electrons. The first kappa shape index (κ1) is 29.0. The van der Waals surface area contributed by atoms with E-state index in [0.29, 0.717) is 4.22 Å². The van der Waals surface area contributed by atoms with E-state index in [1.807, 2.05) is 11.3 Å². The molecule has 1 aliphatic rings. The van der Waals surface area contributed by atoms with Gasteiger partial charge in [0.05, 0.1) is 0 Å². The van der Waals surface area contributed by atoms with Gasteiger partial charge in [0, 0.05) is 0 Å². The Morgan fingerprint density at radius 2 is 1.58 bits per heavy atom. The van der Waals surface area contributed by atoms with E-state index in [1.165, 1.54) is 39.2 Å². The van der Waals surface area contributed by atoms with E-state index in [9.17, 15) is 0 Å². The average molecular weight is 535 g/mol. The number of benzene rings is 1. The van der Waals surface area contributed by atoms with Crippen LogP contribution in [0.1, 0.15) is 79.1 Å². The number of halogens is 2. The number of hydrogen-bond donors (Lipinski definition) is 0. The van der Waals surface area contributed by atoms with Gasteiger partial charge in [0.15, 0.2) is 0 Å². The van der Waals surface area contributed by atoms with Crippen LogP contribution in [-0.4, -0.2) is 6.66 Å². The van der Waals surface area contributed by atoms with Gasteiger partial charge in [-0.25, -0.2) is 0 Å². The Kier molecular flexibility index (Phi) is 10.7. The molecule has 0 saturated heterocycles. The molecule has 1 aromatic heterocycles. The second kappa shape index (κ2) is 11.4. The van der Waals surface area contributed by atoms with Gasteiger partial charge in [0.25, 0.3) is 0 Å². The first-order valence-electron chi connectivity index (χ1n) is 11.0. The molecule has 1 atom stereocenters. The molecule has 31 heavy (non-hydrogen) atoms. The van der Waals surface area contributed by atoms with Crippen LogP contribution in [0, 0.1) is 13.8 Å². The van der Waals surface area contributed by atoms with Crippen molar-refractivity contribution in [1.29, 1.82) is 0 Å². The smallest absolute Gasteiger partial charge is 0.147 e. The zero-order chi connectivity index (χ0) is 21.5. The fourth-order valence-corrected chi connectivity index (χ4v) is 20.3. The summed E-state index contributed by atoms with van der Waals surface area (Å²) in [5.74, 6) is 1.14. The number of fused-ring (bicyclic) bond motifs is 1. The third-order valence-electron chi connectivity index (χ3n) is 6.40. The maximum atomic E-state index is 7.14. The molecule has 1 nitrogen and oxygen atoms in total. The number of thiophene rings is 1. The molecule has 0 saturated carbocycles. The molecule has 0 radical (unpaired) electrons. The van der Waals surface area contributed by atoms with E-state index < -0.39 is 24.2 Å². The summed E-state index contributed by atoms with van der Waals surface area (Å²) in [7, 11) is 0. The minimum Gasteiger partial charge on any atom is -0.147 e. The molecule has 3 rings (SSSR count). The van der Waals surface area contributed by atoms with E-state index in [4.69, 9.17) is 3.32 Å². The van der Waals surface area contributed by atoms with Gasteiger partial charge in [0.2, 0.25) is 0 Å². The summed E-state index contributed by atoms with van der Waals surface area (Å²) < 4.78 is 7.74. The van der Waals surface area contributed by atoms with Crippen LogP contribution in [0.3, 0.4) is 0 Å². The van der Waals surface area contributed by atoms with Gasteiger partial charge in [-0.3, -0.25) is 0 Å². The molecule has 1 heterocycles. The fourth-order valence-electron chi connectivity index (χ4n) is 4.45. The molecule has 0 aliphatic heterocycles. The third-order valence-corrected chi connectivity index (χ3v) is 22.8. The van der Waals surface area contributed by atoms with E-state index in [-0.39, 0.29) is 30.2 Å². The molecule has 1 aromatic carbocycles. The molecule has 1 aliphatic carbocycles. The maximum absolute atomic E-state index is 7.14. The number of rotatable bonds is 6. The SMILES string of the molecule is CC[SiH](CC)[Ti]([O]c1cc(C)cc(C(C)(C)C)c1)[CH]1C(C)=C(C)c2cc(C)sc21.Cl.Cl. The van der Waals surface area contributed by atoms with Crippen molar-refractivity contribution in [3.8, 4) is 5.75 Å². The van der Waals surface area contributed by atoms with E-state index in [2.05, 4.69) is 86.6 Å². The number of aryl methyl sites for hydroxylation is 2. The average Bonchev–Trinajstić information content (AvgIpc) is 3.11. The predicted molar refractivity (Wildman–Crippen MR) is 143 cm³/mol. The summed E-state index contributed by atoms with van der Waals surface area (Å²) in [5.41, 5.74) is 7.49. The Bertz CT molecular complexity index is 928. The van der Waals surface area contributed by atoms with E-state index in [1.54, 1.807) is 10.5 Å². The van der Waals surface area contributed by atoms with Crippen molar-refractivity contribution >= 4 is 48.4 Å². The Labute approximate surface area is 214 Å². The Hall–Kier alpha value is -0.0288. The van der Waals surface area contributed by atoms with E-state index in [0.717, 1.165) is 5.75 Å². The van der Waals surface area contributed by atoms with Crippen molar-refractivity contribution in [2.75, 3.05) is 0 Å². The molecule has 0 fully saturated rings. The second-order valence-corrected chi connectivity index (χ2v) is 22.6. The topological polar surface area (TPSA) is 9.23 Å². The van der Waals surface area contributed by atoms with Crippen LogP contribution in [0.15, 0.2) is 29.8 Å². The molecular formula is C25H39Cl2OSSiTi. The quantitative estimate of drug-likeness (QED) is 0.337. The molecule has 1 unspecified atom stereocenters. The summed E-state index contributed by atoms with van der Waals surface area (Å²) in [5, 5.41) is 0.